The molecule has 2 N–H and O–H groups in total. The third-order valence-electron chi connectivity index (χ3n) is 5.08. The second kappa shape index (κ2) is 9.99. The van der Waals surface area contributed by atoms with Gasteiger partial charge in [-0.3, -0.25) is 9.78 Å². The summed E-state index contributed by atoms with van der Waals surface area (Å²) in [6.45, 7) is 3.03. The fourth-order valence-electron chi connectivity index (χ4n) is 3.52. The molecule has 0 fully saturated rings. The molecule has 1 amide bonds. The van der Waals surface area contributed by atoms with Gasteiger partial charge in [0, 0.05) is 42.9 Å². The van der Waals surface area contributed by atoms with E-state index in [0.717, 1.165) is 23.0 Å². The number of aromatic nitrogens is 4. The van der Waals surface area contributed by atoms with Gasteiger partial charge in [-0.2, -0.15) is 0 Å². The fourth-order valence-corrected chi connectivity index (χ4v) is 3.52. The highest BCUT2D eigenvalue weighted by Crippen LogP contribution is 2.24. The smallest absolute Gasteiger partial charge is 0.254 e. The van der Waals surface area contributed by atoms with E-state index in [-0.39, 0.29) is 5.56 Å². The molecule has 33 heavy (non-hydrogen) atoms. The third kappa shape index (κ3) is 4.87. The minimum absolute atomic E-state index is 0.00159. The van der Waals surface area contributed by atoms with Crippen LogP contribution in [0, 0.1) is 5.82 Å². The lowest BCUT2D eigenvalue weighted by Crippen LogP contribution is -2.20. The van der Waals surface area contributed by atoms with Gasteiger partial charge in [-0.1, -0.05) is 18.2 Å². The zero-order chi connectivity index (χ0) is 23.2. The Kier molecular flexibility index (Phi) is 6.68. The maximum absolute atomic E-state index is 14.2. The molecule has 0 saturated carbocycles. The number of amides is 1. The van der Waals surface area contributed by atoms with E-state index in [4.69, 9.17) is 4.74 Å². The summed E-state index contributed by atoms with van der Waals surface area (Å²) in [7, 11) is 1.47. The molecule has 4 aromatic rings. The lowest BCUT2D eigenvalue weighted by molar-refractivity contribution is 0.0960. The van der Waals surface area contributed by atoms with Gasteiger partial charge >= 0.3 is 0 Å². The number of carbonyl (C=O) groups is 1. The van der Waals surface area contributed by atoms with Gasteiger partial charge in [0.05, 0.1) is 29.6 Å². The van der Waals surface area contributed by atoms with Crippen LogP contribution >= 0.6 is 0 Å². The van der Waals surface area contributed by atoms with Crippen molar-refractivity contribution >= 4 is 22.6 Å². The summed E-state index contributed by atoms with van der Waals surface area (Å²) >= 11 is 0. The summed E-state index contributed by atoms with van der Waals surface area (Å²) in [4.78, 5) is 29.2. The lowest BCUT2D eigenvalue weighted by atomic mass is 10.0. The first-order chi connectivity index (χ1) is 16.1. The van der Waals surface area contributed by atoms with Gasteiger partial charge in [-0.05, 0) is 25.0 Å². The van der Waals surface area contributed by atoms with Gasteiger partial charge in [0.2, 0.25) is 5.88 Å². The summed E-state index contributed by atoms with van der Waals surface area (Å²) < 4.78 is 19.6. The van der Waals surface area contributed by atoms with Crippen LogP contribution in [-0.2, 0) is 6.42 Å². The topological polar surface area (TPSA) is 102 Å². The van der Waals surface area contributed by atoms with Crippen molar-refractivity contribution in [2.45, 2.75) is 13.3 Å². The van der Waals surface area contributed by atoms with Crippen molar-refractivity contribution in [3.05, 3.63) is 72.1 Å². The first kappa shape index (κ1) is 22.1. The number of hydrogen-bond donors (Lipinski definition) is 2. The van der Waals surface area contributed by atoms with Crippen molar-refractivity contribution in [1.82, 2.24) is 25.3 Å². The van der Waals surface area contributed by atoms with Crippen molar-refractivity contribution in [3.63, 3.8) is 0 Å². The van der Waals surface area contributed by atoms with Crippen LogP contribution in [0.15, 0.2) is 55.1 Å². The van der Waals surface area contributed by atoms with E-state index in [1.165, 1.54) is 13.4 Å². The normalized spacial score (nSPS) is 10.8. The Balaban J connectivity index is 1.49. The highest BCUT2D eigenvalue weighted by atomic mass is 19.1. The first-order valence-corrected chi connectivity index (χ1v) is 10.5. The predicted octanol–water partition coefficient (Wildman–Crippen LogP) is 3.64. The number of rotatable bonds is 8. The number of pyridine rings is 2. The predicted molar refractivity (Wildman–Crippen MR) is 124 cm³/mol. The maximum atomic E-state index is 14.2. The second-order valence-corrected chi connectivity index (χ2v) is 7.16. The molecular weight excluding hydrogens is 423 g/mol. The number of ether oxygens (including phenoxy) is 1. The van der Waals surface area contributed by atoms with Gasteiger partial charge in [-0.15, -0.1) is 0 Å². The van der Waals surface area contributed by atoms with Crippen LogP contribution in [0.3, 0.4) is 0 Å². The Labute approximate surface area is 190 Å². The van der Waals surface area contributed by atoms with Crippen LogP contribution in [0.2, 0.25) is 0 Å². The monoisotopic (exact) mass is 446 g/mol. The Bertz CT molecular complexity index is 1280. The zero-order valence-electron chi connectivity index (χ0n) is 18.3. The molecule has 0 unspecified atom stereocenters. The SMILES string of the molecule is CCOc1ccc(-c2cc(NCCc3cccc4c(C(=O)NC)c(F)cnc34)ncn2)cn1. The number of benzene rings is 1. The minimum Gasteiger partial charge on any atom is -0.478 e. The van der Waals surface area contributed by atoms with E-state index in [9.17, 15) is 9.18 Å². The van der Waals surface area contributed by atoms with Crippen LogP contribution in [0.25, 0.3) is 22.2 Å². The standard InChI is InChI=1S/C24H23FN6O2/c1-3-33-21-8-7-16(12-28-21)19-11-20(31-14-30-19)27-10-9-15-5-4-6-17-22(24(32)26-2)18(25)13-29-23(15)17/h4-8,11-14H,3,9-10H2,1-2H3,(H,26,32)(H,27,30,31). The molecule has 0 spiro atoms. The van der Waals surface area contributed by atoms with Crippen LogP contribution in [0.1, 0.15) is 22.8 Å². The van der Waals surface area contributed by atoms with Crippen molar-refractivity contribution in [2.24, 2.45) is 0 Å². The van der Waals surface area contributed by atoms with Gasteiger partial charge in [0.25, 0.3) is 5.91 Å². The largest absolute Gasteiger partial charge is 0.478 e. The Morgan fingerprint density at radius 1 is 1.09 bits per heavy atom. The molecule has 9 heteroatoms. The molecule has 0 radical (unpaired) electrons. The highest BCUT2D eigenvalue weighted by molar-refractivity contribution is 6.06. The molecule has 0 aliphatic rings. The van der Waals surface area contributed by atoms with E-state index in [1.807, 2.05) is 25.1 Å². The molecule has 0 atom stereocenters. The Morgan fingerprint density at radius 2 is 1.97 bits per heavy atom. The molecule has 1 aromatic carbocycles. The number of hydrogen-bond acceptors (Lipinski definition) is 7. The fraction of sp³-hybridized carbons (Fsp3) is 0.208. The van der Waals surface area contributed by atoms with Gasteiger partial charge < -0.3 is 15.4 Å². The Morgan fingerprint density at radius 3 is 2.73 bits per heavy atom. The average Bonchev–Trinajstić information content (AvgIpc) is 2.84. The van der Waals surface area contributed by atoms with Gasteiger partial charge in [0.15, 0.2) is 5.82 Å². The molecule has 3 aromatic heterocycles. The summed E-state index contributed by atoms with van der Waals surface area (Å²) in [6, 6.07) is 11.0. The molecule has 168 valence electrons. The molecule has 0 aliphatic carbocycles. The average molecular weight is 446 g/mol. The van der Waals surface area contributed by atoms with Crippen molar-refractivity contribution in [2.75, 3.05) is 25.5 Å². The number of para-hydroxylation sites is 1. The second-order valence-electron chi connectivity index (χ2n) is 7.16. The van der Waals surface area contributed by atoms with E-state index in [2.05, 4.69) is 30.6 Å². The number of nitrogens with one attached hydrogen (secondary N) is 2. The summed E-state index contributed by atoms with van der Waals surface area (Å²) in [6.07, 6.45) is 4.90. The summed E-state index contributed by atoms with van der Waals surface area (Å²) in [5.74, 6) is 0.109. The van der Waals surface area contributed by atoms with E-state index in [0.29, 0.717) is 42.2 Å². The zero-order valence-corrected chi connectivity index (χ0v) is 18.3. The quantitative estimate of drug-likeness (QED) is 0.426. The molecule has 0 aliphatic heterocycles. The van der Waals surface area contributed by atoms with Crippen LogP contribution in [-0.4, -0.2) is 46.0 Å². The molecular formula is C24H23FN6O2. The molecule has 8 nitrogen and oxygen atoms in total. The van der Waals surface area contributed by atoms with E-state index in [1.54, 1.807) is 24.4 Å². The van der Waals surface area contributed by atoms with Crippen molar-refractivity contribution < 1.29 is 13.9 Å². The number of fused-ring (bicyclic) bond motifs is 1. The molecule has 0 bridgehead atoms. The minimum atomic E-state index is -0.644. The number of anilines is 1. The summed E-state index contributed by atoms with van der Waals surface area (Å²) in [5, 5.41) is 6.25. The van der Waals surface area contributed by atoms with Crippen LogP contribution in [0.4, 0.5) is 10.2 Å². The van der Waals surface area contributed by atoms with Crippen LogP contribution < -0.4 is 15.4 Å². The van der Waals surface area contributed by atoms with Crippen molar-refractivity contribution in [1.29, 1.82) is 0 Å². The highest BCUT2D eigenvalue weighted by Gasteiger charge is 2.17. The molecule has 4 rings (SSSR count). The maximum Gasteiger partial charge on any atom is 0.254 e. The third-order valence-corrected chi connectivity index (χ3v) is 5.08. The summed E-state index contributed by atoms with van der Waals surface area (Å²) in [5.41, 5.74) is 3.09. The van der Waals surface area contributed by atoms with Crippen LogP contribution in [0.5, 0.6) is 5.88 Å². The van der Waals surface area contributed by atoms with Crippen molar-refractivity contribution in [3.8, 4) is 17.1 Å². The first-order valence-electron chi connectivity index (χ1n) is 10.5. The Hall–Kier alpha value is -4.14. The molecule has 3 heterocycles. The van der Waals surface area contributed by atoms with Gasteiger partial charge in [0.1, 0.15) is 12.1 Å². The van der Waals surface area contributed by atoms with E-state index >= 15 is 0 Å². The molecule has 0 saturated heterocycles. The number of halogens is 1. The lowest BCUT2D eigenvalue weighted by Gasteiger charge is -2.11. The van der Waals surface area contributed by atoms with Gasteiger partial charge in [-0.25, -0.2) is 19.3 Å². The number of nitrogens with zero attached hydrogens (tertiary/aromatic N) is 4. The van der Waals surface area contributed by atoms with E-state index < -0.39 is 11.7 Å². The number of carbonyl (C=O) groups excluding carboxylic acids is 1.